The number of esters is 1. The fourth-order valence-electron chi connectivity index (χ4n) is 2.72. The Balaban J connectivity index is 1.37. The summed E-state index contributed by atoms with van der Waals surface area (Å²) in [6.07, 6.45) is 2.97. The molecule has 1 atom stereocenters. The van der Waals surface area contributed by atoms with E-state index < -0.39 is 30.4 Å². The van der Waals surface area contributed by atoms with E-state index in [2.05, 4.69) is 5.32 Å². The van der Waals surface area contributed by atoms with Crippen LogP contribution in [-0.2, 0) is 32.2 Å². The van der Waals surface area contributed by atoms with Crippen molar-refractivity contribution in [2.75, 3.05) is 13.2 Å². The summed E-state index contributed by atoms with van der Waals surface area (Å²) in [5, 5.41) is 4.46. The number of hydrogen-bond donors (Lipinski definition) is 2. The van der Waals surface area contributed by atoms with Crippen molar-refractivity contribution >= 4 is 23.8 Å². The first-order chi connectivity index (χ1) is 13.5. The van der Waals surface area contributed by atoms with Crippen LogP contribution in [0.25, 0.3) is 0 Å². The van der Waals surface area contributed by atoms with Crippen molar-refractivity contribution in [1.82, 2.24) is 15.5 Å². The van der Waals surface area contributed by atoms with Gasteiger partial charge in [0.05, 0.1) is 31.5 Å². The molecule has 1 aliphatic rings. The van der Waals surface area contributed by atoms with Crippen LogP contribution < -0.4 is 10.6 Å². The van der Waals surface area contributed by atoms with Crippen molar-refractivity contribution in [3.63, 3.8) is 0 Å². The van der Waals surface area contributed by atoms with Gasteiger partial charge in [-0.25, -0.2) is 4.79 Å². The molecule has 0 radical (unpaired) electrons. The maximum atomic E-state index is 12.1. The van der Waals surface area contributed by atoms with E-state index >= 15 is 0 Å². The summed E-state index contributed by atoms with van der Waals surface area (Å²) in [7, 11) is 0. The summed E-state index contributed by atoms with van der Waals surface area (Å²) in [6, 6.07) is 6.05. The molecule has 2 N–H and O–H groups in total. The van der Waals surface area contributed by atoms with E-state index in [9.17, 15) is 19.2 Å². The smallest absolute Gasteiger partial charge is 0.321 e. The maximum absolute atomic E-state index is 12.1. The van der Waals surface area contributed by atoms with Crippen molar-refractivity contribution in [3.8, 4) is 0 Å². The lowest BCUT2D eigenvalue weighted by Crippen LogP contribution is -2.41. The third-order valence-electron chi connectivity index (χ3n) is 4.08. The summed E-state index contributed by atoms with van der Waals surface area (Å²) < 4.78 is 15.2. The number of nitrogens with one attached hydrogen (secondary N) is 2. The monoisotopic (exact) mass is 389 g/mol. The lowest BCUT2D eigenvalue weighted by molar-refractivity contribution is -0.152. The minimum absolute atomic E-state index is 0.00476. The zero-order chi connectivity index (χ0) is 19.9. The first-order valence-electron chi connectivity index (χ1n) is 8.58. The van der Waals surface area contributed by atoms with E-state index in [0.717, 1.165) is 0 Å². The second kappa shape index (κ2) is 8.89. The molecule has 0 spiro atoms. The number of hydrogen-bond acceptors (Lipinski definition) is 7. The number of carbonyl (C=O) groups excluding carboxylic acids is 4. The molecule has 2 aromatic rings. The minimum Gasteiger partial charge on any atom is -0.467 e. The van der Waals surface area contributed by atoms with Crippen LogP contribution in [0.3, 0.4) is 0 Å². The lowest BCUT2D eigenvalue weighted by Gasteiger charge is -2.14. The highest BCUT2D eigenvalue weighted by Crippen LogP contribution is 2.21. The molecule has 1 fully saturated rings. The number of likely N-dealkylation sites (tertiary alicyclic amines) is 1. The molecule has 0 aromatic carbocycles. The van der Waals surface area contributed by atoms with Gasteiger partial charge in [0.2, 0.25) is 5.91 Å². The number of urea groups is 1. The van der Waals surface area contributed by atoms with Gasteiger partial charge in [-0.15, -0.1) is 0 Å². The molecule has 0 aliphatic carbocycles. The molecular formula is C18H19N3O7. The molecule has 10 heteroatoms. The largest absolute Gasteiger partial charge is 0.467 e. The van der Waals surface area contributed by atoms with E-state index in [1.807, 2.05) is 5.32 Å². The Kier molecular flexibility index (Phi) is 6.10. The minimum atomic E-state index is -0.776. The Bertz CT molecular complexity index is 830. The predicted octanol–water partition coefficient (Wildman–Crippen LogP) is 0.790. The predicted molar refractivity (Wildman–Crippen MR) is 92.3 cm³/mol. The number of amides is 4. The lowest BCUT2D eigenvalue weighted by atomic mass is 10.1. The van der Waals surface area contributed by atoms with Gasteiger partial charge < -0.3 is 23.8 Å². The first-order valence-corrected chi connectivity index (χ1v) is 8.58. The number of imide groups is 1. The molecule has 1 aliphatic heterocycles. The second-order valence-electron chi connectivity index (χ2n) is 6.17. The molecule has 0 unspecified atom stereocenters. The zero-order valence-corrected chi connectivity index (χ0v) is 14.9. The third kappa shape index (κ3) is 5.22. The van der Waals surface area contributed by atoms with Crippen LogP contribution in [0.5, 0.6) is 0 Å². The number of furan rings is 2. The molecule has 0 saturated carbocycles. The average Bonchev–Trinajstić information content (AvgIpc) is 3.41. The number of ether oxygens (including phenoxy) is 1. The molecule has 3 rings (SSSR count). The molecule has 2 aromatic heterocycles. The number of rotatable bonds is 7. The second-order valence-corrected chi connectivity index (χ2v) is 6.17. The standard InChI is InChI=1S/C18H19N3O7/c22-15(20-18(25)19-8-13-3-1-5-26-13)11-28-17(24)12-7-16(23)21(9-12)10-14-4-2-6-27-14/h1-6,12H,7-11H2,(H2,19,20,22,25)/t12-/m0/s1. The van der Waals surface area contributed by atoms with Crippen LogP contribution in [0.1, 0.15) is 17.9 Å². The van der Waals surface area contributed by atoms with Gasteiger partial charge in [0.25, 0.3) is 5.91 Å². The summed E-state index contributed by atoms with van der Waals surface area (Å²) in [5.41, 5.74) is 0. The zero-order valence-electron chi connectivity index (χ0n) is 14.9. The highest BCUT2D eigenvalue weighted by Gasteiger charge is 2.35. The molecular weight excluding hydrogens is 370 g/mol. The summed E-state index contributed by atoms with van der Waals surface area (Å²) in [5.74, 6) is -1.16. The summed E-state index contributed by atoms with van der Waals surface area (Å²) >= 11 is 0. The van der Waals surface area contributed by atoms with Crippen LogP contribution in [-0.4, -0.2) is 41.9 Å². The van der Waals surface area contributed by atoms with Gasteiger partial charge >= 0.3 is 12.0 Å². The van der Waals surface area contributed by atoms with Crippen LogP contribution in [0.2, 0.25) is 0 Å². The van der Waals surface area contributed by atoms with Crippen molar-refractivity contribution in [2.24, 2.45) is 5.92 Å². The Hall–Kier alpha value is -3.56. The Morgan fingerprint density at radius 2 is 1.86 bits per heavy atom. The van der Waals surface area contributed by atoms with Gasteiger partial charge in [0.15, 0.2) is 6.61 Å². The Labute approximate surface area is 159 Å². The quantitative estimate of drug-likeness (QED) is 0.669. The van der Waals surface area contributed by atoms with Crippen molar-refractivity contribution < 1.29 is 32.7 Å². The van der Waals surface area contributed by atoms with E-state index in [0.29, 0.717) is 11.5 Å². The van der Waals surface area contributed by atoms with Crippen molar-refractivity contribution in [3.05, 3.63) is 48.3 Å². The summed E-state index contributed by atoms with van der Waals surface area (Å²) in [6.45, 7) is -0.0486. The SMILES string of the molecule is O=C(COC(=O)[C@H]1CC(=O)N(Cc2ccco2)C1)NC(=O)NCc1ccco1. The van der Waals surface area contributed by atoms with Crippen molar-refractivity contribution in [1.29, 1.82) is 0 Å². The first kappa shape index (κ1) is 19.2. The van der Waals surface area contributed by atoms with Gasteiger partial charge in [-0.05, 0) is 24.3 Å². The maximum Gasteiger partial charge on any atom is 0.321 e. The fraction of sp³-hybridized carbons (Fsp3) is 0.333. The van der Waals surface area contributed by atoms with Gasteiger partial charge in [0, 0.05) is 13.0 Å². The molecule has 3 heterocycles. The fourth-order valence-corrected chi connectivity index (χ4v) is 2.72. The highest BCUT2D eigenvalue weighted by atomic mass is 16.5. The molecule has 28 heavy (non-hydrogen) atoms. The van der Waals surface area contributed by atoms with E-state index in [1.54, 1.807) is 24.3 Å². The van der Waals surface area contributed by atoms with Gasteiger partial charge in [-0.3, -0.25) is 19.7 Å². The molecule has 4 amide bonds. The Morgan fingerprint density at radius 1 is 1.14 bits per heavy atom. The number of carbonyl (C=O) groups is 4. The van der Waals surface area contributed by atoms with Gasteiger partial charge in [-0.2, -0.15) is 0 Å². The van der Waals surface area contributed by atoms with Crippen LogP contribution in [0.4, 0.5) is 4.79 Å². The van der Waals surface area contributed by atoms with Gasteiger partial charge in [0.1, 0.15) is 11.5 Å². The molecule has 0 bridgehead atoms. The molecule has 10 nitrogen and oxygen atoms in total. The summed E-state index contributed by atoms with van der Waals surface area (Å²) in [4.78, 5) is 48.9. The molecule has 148 valence electrons. The van der Waals surface area contributed by atoms with E-state index in [4.69, 9.17) is 13.6 Å². The average molecular weight is 389 g/mol. The van der Waals surface area contributed by atoms with Crippen LogP contribution in [0, 0.1) is 5.92 Å². The normalized spacial score (nSPS) is 16.1. The third-order valence-corrected chi connectivity index (χ3v) is 4.08. The van der Waals surface area contributed by atoms with Crippen molar-refractivity contribution in [2.45, 2.75) is 19.5 Å². The van der Waals surface area contributed by atoms with Crippen LogP contribution in [0.15, 0.2) is 45.6 Å². The van der Waals surface area contributed by atoms with Crippen LogP contribution >= 0.6 is 0 Å². The van der Waals surface area contributed by atoms with Gasteiger partial charge in [-0.1, -0.05) is 0 Å². The highest BCUT2D eigenvalue weighted by molar-refractivity contribution is 5.95. The molecule has 1 saturated heterocycles. The number of nitrogens with zero attached hydrogens (tertiary/aromatic N) is 1. The Morgan fingerprint density at radius 3 is 2.54 bits per heavy atom. The topological polar surface area (TPSA) is 131 Å². The van der Waals surface area contributed by atoms with E-state index in [-0.39, 0.29) is 32.0 Å². The van der Waals surface area contributed by atoms with E-state index in [1.165, 1.54) is 17.4 Å².